The lowest BCUT2D eigenvalue weighted by molar-refractivity contribution is -0.149. The molecular formula is C13H16F3IN2. The maximum Gasteiger partial charge on any atom is 0.401 e. The minimum absolute atomic E-state index is 0.490. The quantitative estimate of drug-likeness (QED) is 0.740. The van der Waals surface area contributed by atoms with Crippen molar-refractivity contribution in [1.82, 2.24) is 9.80 Å². The van der Waals surface area contributed by atoms with Crippen molar-refractivity contribution in [2.24, 2.45) is 0 Å². The van der Waals surface area contributed by atoms with E-state index in [1.807, 2.05) is 0 Å². The van der Waals surface area contributed by atoms with Gasteiger partial charge in [-0.2, -0.15) is 13.2 Å². The SMILES string of the molecule is FC(F)(F)CN1CCN(Cc2ccc(I)cc2)CC1. The van der Waals surface area contributed by atoms with Crippen LogP contribution in [0.1, 0.15) is 5.56 Å². The van der Waals surface area contributed by atoms with E-state index < -0.39 is 12.7 Å². The van der Waals surface area contributed by atoms with Gasteiger partial charge < -0.3 is 0 Å². The summed E-state index contributed by atoms with van der Waals surface area (Å²) in [7, 11) is 0. The van der Waals surface area contributed by atoms with Crippen LogP contribution in [0.3, 0.4) is 0 Å². The highest BCUT2D eigenvalue weighted by atomic mass is 127. The van der Waals surface area contributed by atoms with Gasteiger partial charge >= 0.3 is 6.18 Å². The number of benzene rings is 1. The van der Waals surface area contributed by atoms with Gasteiger partial charge in [-0.3, -0.25) is 9.80 Å². The predicted molar refractivity (Wildman–Crippen MR) is 76.9 cm³/mol. The Labute approximate surface area is 124 Å². The summed E-state index contributed by atoms with van der Waals surface area (Å²) in [5.41, 5.74) is 1.21. The second kappa shape index (κ2) is 6.41. The first-order valence-electron chi connectivity index (χ1n) is 6.18. The normalized spacial score (nSPS) is 18.7. The van der Waals surface area contributed by atoms with Crippen molar-refractivity contribution < 1.29 is 13.2 Å². The van der Waals surface area contributed by atoms with Crippen molar-refractivity contribution in [2.75, 3.05) is 32.7 Å². The molecule has 1 aliphatic heterocycles. The minimum atomic E-state index is -4.09. The molecule has 106 valence electrons. The Morgan fingerprint density at radius 2 is 1.47 bits per heavy atom. The summed E-state index contributed by atoms with van der Waals surface area (Å²) in [6.45, 7) is 2.40. The first kappa shape index (κ1) is 15.1. The maximum atomic E-state index is 12.3. The van der Waals surface area contributed by atoms with Crippen LogP contribution in [0.5, 0.6) is 0 Å². The Kier molecular flexibility index (Phi) is 5.08. The molecule has 1 saturated heterocycles. The monoisotopic (exact) mass is 384 g/mol. The van der Waals surface area contributed by atoms with E-state index >= 15 is 0 Å². The lowest BCUT2D eigenvalue weighted by atomic mass is 10.2. The number of nitrogens with zero attached hydrogens (tertiary/aromatic N) is 2. The summed E-state index contributed by atoms with van der Waals surface area (Å²) in [6.07, 6.45) is -4.09. The van der Waals surface area contributed by atoms with Crippen molar-refractivity contribution in [3.05, 3.63) is 33.4 Å². The fourth-order valence-electron chi connectivity index (χ4n) is 2.21. The van der Waals surface area contributed by atoms with Crippen molar-refractivity contribution >= 4 is 22.6 Å². The molecule has 6 heteroatoms. The maximum absolute atomic E-state index is 12.3. The third kappa shape index (κ3) is 5.27. The third-order valence-electron chi connectivity index (χ3n) is 3.19. The zero-order valence-corrected chi connectivity index (χ0v) is 12.6. The smallest absolute Gasteiger partial charge is 0.297 e. The summed E-state index contributed by atoms with van der Waals surface area (Å²) in [6, 6.07) is 8.25. The van der Waals surface area contributed by atoms with Crippen molar-refractivity contribution in [1.29, 1.82) is 0 Å². The van der Waals surface area contributed by atoms with Gasteiger partial charge in [-0.05, 0) is 40.3 Å². The number of alkyl halides is 3. The van der Waals surface area contributed by atoms with E-state index in [4.69, 9.17) is 0 Å². The molecule has 0 radical (unpaired) electrons. The van der Waals surface area contributed by atoms with Gasteiger partial charge in [0.2, 0.25) is 0 Å². The van der Waals surface area contributed by atoms with Gasteiger partial charge in [0.15, 0.2) is 0 Å². The van der Waals surface area contributed by atoms with Crippen LogP contribution in [0.2, 0.25) is 0 Å². The summed E-state index contributed by atoms with van der Waals surface area (Å²) in [4.78, 5) is 3.68. The fraction of sp³-hybridized carbons (Fsp3) is 0.538. The lowest BCUT2D eigenvalue weighted by Gasteiger charge is -2.35. The number of hydrogen-bond donors (Lipinski definition) is 0. The Bertz CT molecular complexity index is 397. The second-order valence-electron chi connectivity index (χ2n) is 4.79. The van der Waals surface area contributed by atoms with Crippen molar-refractivity contribution in [3.8, 4) is 0 Å². The molecule has 2 rings (SSSR count). The molecule has 1 aromatic carbocycles. The van der Waals surface area contributed by atoms with E-state index in [1.54, 1.807) is 0 Å². The highest BCUT2D eigenvalue weighted by Gasteiger charge is 2.31. The average Bonchev–Trinajstić information content (AvgIpc) is 2.33. The molecule has 0 spiro atoms. The predicted octanol–water partition coefficient (Wildman–Crippen LogP) is 2.97. The highest BCUT2D eigenvalue weighted by Crippen LogP contribution is 2.18. The highest BCUT2D eigenvalue weighted by molar-refractivity contribution is 14.1. The van der Waals surface area contributed by atoms with E-state index in [0.29, 0.717) is 26.2 Å². The van der Waals surface area contributed by atoms with E-state index in [2.05, 4.69) is 51.8 Å². The number of rotatable bonds is 3. The molecule has 0 aliphatic carbocycles. The Hall–Kier alpha value is -0.340. The van der Waals surface area contributed by atoms with E-state index in [9.17, 15) is 13.2 Å². The molecule has 1 fully saturated rings. The Morgan fingerprint density at radius 1 is 0.947 bits per heavy atom. The van der Waals surface area contributed by atoms with Gasteiger partial charge in [0, 0.05) is 36.3 Å². The van der Waals surface area contributed by atoms with Crippen molar-refractivity contribution in [3.63, 3.8) is 0 Å². The van der Waals surface area contributed by atoms with Gasteiger partial charge in [0.25, 0.3) is 0 Å². The number of hydrogen-bond acceptors (Lipinski definition) is 2. The second-order valence-corrected chi connectivity index (χ2v) is 6.04. The van der Waals surface area contributed by atoms with E-state index in [-0.39, 0.29) is 0 Å². The Morgan fingerprint density at radius 3 is 2.00 bits per heavy atom. The zero-order valence-electron chi connectivity index (χ0n) is 10.5. The molecule has 0 saturated carbocycles. The lowest BCUT2D eigenvalue weighted by Crippen LogP contribution is -2.48. The number of halogens is 4. The molecule has 0 amide bonds. The number of piperazine rings is 1. The average molecular weight is 384 g/mol. The van der Waals surface area contributed by atoms with E-state index in [1.165, 1.54) is 14.0 Å². The molecule has 19 heavy (non-hydrogen) atoms. The van der Waals surface area contributed by atoms with Crippen LogP contribution in [-0.2, 0) is 6.54 Å². The summed E-state index contributed by atoms with van der Waals surface area (Å²) in [5, 5.41) is 0. The zero-order chi connectivity index (χ0) is 13.9. The largest absolute Gasteiger partial charge is 0.401 e. The van der Waals surface area contributed by atoms with Crippen LogP contribution in [0, 0.1) is 3.57 Å². The van der Waals surface area contributed by atoms with Crippen LogP contribution in [0.4, 0.5) is 13.2 Å². The van der Waals surface area contributed by atoms with Crippen LogP contribution in [-0.4, -0.2) is 48.7 Å². The molecule has 0 bridgehead atoms. The Balaban J connectivity index is 1.79. The third-order valence-corrected chi connectivity index (χ3v) is 3.91. The molecule has 0 N–H and O–H groups in total. The van der Waals surface area contributed by atoms with Gasteiger partial charge in [-0.1, -0.05) is 12.1 Å². The van der Waals surface area contributed by atoms with Gasteiger partial charge in [0.1, 0.15) is 0 Å². The minimum Gasteiger partial charge on any atom is -0.297 e. The van der Waals surface area contributed by atoms with E-state index in [0.717, 1.165) is 6.54 Å². The van der Waals surface area contributed by atoms with Crippen molar-refractivity contribution in [2.45, 2.75) is 12.7 Å². The molecular weight excluding hydrogens is 368 g/mol. The molecule has 0 unspecified atom stereocenters. The molecule has 1 aliphatic rings. The topological polar surface area (TPSA) is 6.48 Å². The molecule has 1 aromatic rings. The summed E-state index contributed by atoms with van der Waals surface area (Å²) >= 11 is 2.26. The van der Waals surface area contributed by atoms with Crippen LogP contribution in [0.25, 0.3) is 0 Å². The van der Waals surface area contributed by atoms with Crippen LogP contribution < -0.4 is 0 Å². The van der Waals surface area contributed by atoms with Gasteiger partial charge in [0.05, 0.1) is 6.54 Å². The fourth-order valence-corrected chi connectivity index (χ4v) is 2.57. The van der Waals surface area contributed by atoms with Gasteiger partial charge in [-0.25, -0.2) is 0 Å². The van der Waals surface area contributed by atoms with Crippen LogP contribution in [0.15, 0.2) is 24.3 Å². The molecule has 0 atom stereocenters. The first-order valence-corrected chi connectivity index (χ1v) is 7.26. The molecule has 0 aromatic heterocycles. The molecule has 2 nitrogen and oxygen atoms in total. The summed E-state index contributed by atoms with van der Waals surface area (Å²) < 4.78 is 38.0. The standard InChI is InChI=1S/C13H16F3IN2/c14-13(15,16)10-19-7-5-18(6-8-19)9-11-1-3-12(17)4-2-11/h1-4H,5-10H2. The van der Waals surface area contributed by atoms with Gasteiger partial charge in [-0.15, -0.1) is 0 Å². The summed E-state index contributed by atoms with van der Waals surface area (Å²) in [5.74, 6) is 0. The van der Waals surface area contributed by atoms with Crippen LogP contribution >= 0.6 is 22.6 Å². The molecule has 1 heterocycles. The first-order chi connectivity index (χ1) is 8.92.